The van der Waals surface area contributed by atoms with Gasteiger partial charge in [-0.2, -0.15) is 0 Å². The SMILES string of the molecule is CCC(CC)C(=O)/C=C(\O)C(CC)CC.[2H]C([2H])([2H])c1c(C(O)(O)C(C)(C)C)c2c(c3sc4c(-c5[c-]c6ccccc6c(C(C)(C)C)c5)nccc4c13)C(C)(C)CCC2(C)C.[Ir]. The largest absolute Gasteiger partial charge is 0.512 e. The van der Waals surface area contributed by atoms with E-state index in [9.17, 15) is 20.1 Å². The van der Waals surface area contributed by atoms with E-state index in [4.69, 9.17) is 9.10 Å². The summed E-state index contributed by atoms with van der Waals surface area (Å²) < 4.78 is 28.6. The summed E-state index contributed by atoms with van der Waals surface area (Å²) >= 11 is 1.58. The number of aliphatic hydroxyl groups is 3. The van der Waals surface area contributed by atoms with E-state index in [1.165, 1.54) is 11.6 Å². The van der Waals surface area contributed by atoms with Gasteiger partial charge in [0.2, 0.25) is 0 Å². The zero-order valence-corrected chi connectivity index (χ0v) is 41.2. The topological polar surface area (TPSA) is 90.7 Å². The van der Waals surface area contributed by atoms with Crippen LogP contribution in [0, 0.1) is 30.2 Å². The number of rotatable bonds is 9. The molecule has 0 spiro atoms. The normalized spacial score (nSPS) is 16.6. The Balaban J connectivity index is 0.000000453. The fraction of sp³-hybridized carbons (Fsp3) is 0.538. The first-order valence-corrected chi connectivity index (χ1v) is 22.2. The first-order chi connectivity index (χ1) is 28.1. The van der Waals surface area contributed by atoms with Crippen molar-refractivity contribution in [2.75, 3.05) is 0 Å². The third-order valence-electron chi connectivity index (χ3n) is 12.9. The molecule has 1 aliphatic rings. The number of aliphatic hydroxyl groups excluding tert-OH is 1. The summed E-state index contributed by atoms with van der Waals surface area (Å²) in [5.74, 6) is -1.86. The van der Waals surface area contributed by atoms with Crippen LogP contribution in [0.3, 0.4) is 0 Å². The van der Waals surface area contributed by atoms with Crippen molar-refractivity contribution in [3.8, 4) is 11.3 Å². The van der Waals surface area contributed by atoms with Gasteiger partial charge in [0.1, 0.15) is 0 Å². The van der Waals surface area contributed by atoms with Crippen LogP contribution < -0.4 is 0 Å². The number of allylic oxidation sites excluding steroid dienone is 2. The zero-order valence-electron chi connectivity index (χ0n) is 41.0. The summed E-state index contributed by atoms with van der Waals surface area (Å²) in [7, 11) is 0. The first-order valence-electron chi connectivity index (χ1n) is 22.9. The number of hydrogen-bond donors (Lipinski definition) is 3. The number of aromatic nitrogens is 1. The second kappa shape index (κ2) is 17.8. The van der Waals surface area contributed by atoms with Gasteiger partial charge >= 0.3 is 0 Å². The van der Waals surface area contributed by atoms with E-state index in [0.717, 1.165) is 86.5 Å². The predicted molar refractivity (Wildman–Crippen MR) is 247 cm³/mol. The fourth-order valence-electron chi connectivity index (χ4n) is 8.81. The van der Waals surface area contributed by atoms with Gasteiger partial charge in [-0.05, 0) is 89.8 Å². The molecule has 1 radical (unpaired) electrons. The molecule has 5 nitrogen and oxygen atoms in total. The molecule has 5 aromatic rings. The van der Waals surface area contributed by atoms with Crippen molar-refractivity contribution in [3.05, 3.63) is 88.3 Å². The van der Waals surface area contributed by atoms with Crippen LogP contribution >= 0.6 is 11.3 Å². The van der Waals surface area contributed by atoms with Crippen LogP contribution in [0.1, 0.15) is 167 Å². The summed E-state index contributed by atoms with van der Waals surface area (Å²) in [5.41, 5.74) is 2.75. The van der Waals surface area contributed by atoms with Crippen molar-refractivity contribution < 1.29 is 44.3 Å². The minimum atomic E-state index is -2.62. The van der Waals surface area contributed by atoms with Gasteiger partial charge in [0.05, 0.1) is 5.76 Å². The van der Waals surface area contributed by atoms with Gasteiger partial charge in [0.15, 0.2) is 11.6 Å². The Hall–Kier alpha value is -2.93. The molecule has 0 bridgehead atoms. The van der Waals surface area contributed by atoms with Crippen LogP contribution in [0.5, 0.6) is 0 Å². The van der Waals surface area contributed by atoms with Gasteiger partial charge in [-0.1, -0.05) is 126 Å². The number of carbonyl (C=O) groups excluding carboxylic acids is 1. The number of nitrogens with zero attached hydrogens (tertiary/aromatic N) is 1. The van der Waals surface area contributed by atoms with Gasteiger partial charge < -0.3 is 15.3 Å². The Labute approximate surface area is 376 Å². The van der Waals surface area contributed by atoms with Crippen molar-refractivity contribution in [3.63, 3.8) is 0 Å². The summed E-state index contributed by atoms with van der Waals surface area (Å²) in [6, 6.07) is 16.0. The molecule has 0 amide bonds. The number of carbonyl (C=O) groups is 1. The molecule has 0 saturated heterocycles. The summed E-state index contributed by atoms with van der Waals surface area (Å²) in [6.45, 7) is 25.9. The molecule has 2 heterocycles. The van der Waals surface area contributed by atoms with Crippen LogP contribution in [0.25, 0.3) is 42.2 Å². The molecule has 0 saturated carbocycles. The zero-order chi connectivity index (χ0) is 45.8. The van der Waals surface area contributed by atoms with Gasteiger partial charge in [-0.3, -0.25) is 9.78 Å². The quantitative estimate of drug-likeness (QED) is 0.0592. The predicted octanol–water partition coefficient (Wildman–Crippen LogP) is 14.1. The van der Waals surface area contributed by atoms with Crippen LogP contribution in [0.4, 0.5) is 0 Å². The van der Waals surface area contributed by atoms with Crippen LogP contribution in [-0.4, -0.2) is 26.1 Å². The number of thiophene rings is 1. The average molecular weight is 1000 g/mol. The van der Waals surface area contributed by atoms with E-state index in [1.807, 2.05) is 39.8 Å². The third kappa shape index (κ3) is 9.17. The molecule has 59 heavy (non-hydrogen) atoms. The molecular formula is C52H70IrNO4S-. The van der Waals surface area contributed by atoms with E-state index in [2.05, 4.69) is 78.8 Å². The van der Waals surface area contributed by atoms with Gasteiger partial charge in [0, 0.05) is 79.8 Å². The monoisotopic (exact) mass is 1000 g/mol. The number of aryl methyl sites for hydroxylation is 1. The smallest absolute Gasteiger partial charge is 0.195 e. The van der Waals surface area contributed by atoms with Crippen molar-refractivity contribution in [2.24, 2.45) is 17.3 Å². The summed E-state index contributed by atoms with van der Waals surface area (Å²) in [6.07, 6.45) is 8.34. The molecule has 2 aromatic heterocycles. The molecule has 0 unspecified atom stereocenters. The molecule has 6 rings (SSSR count). The Morgan fingerprint density at radius 2 is 1.46 bits per heavy atom. The molecule has 0 fully saturated rings. The Kier molecular flexibility index (Phi) is 13.3. The fourth-order valence-corrected chi connectivity index (χ4v) is 10.3. The van der Waals surface area contributed by atoms with Crippen LogP contribution in [0.2, 0.25) is 0 Å². The second-order valence-corrected chi connectivity index (χ2v) is 20.9. The minimum Gasteiger partial charge on any atom is -0.512 e. The number of benzene rings is 3. The summed E-state index contributed by atoms with van der Waals surface area (Å²) in [4.78, 5) is 16.6. The van der Waals surface area contributed by atoms with E-state index >= 15 is 0 Å². The second-order valence-electron chi connectivity index (χ2n) is 19.9. The Bertz CT molecular complexity index is 2460. The Morgan fingerprint density at radius 1 is 0.881 bits per heavy atom. The van der Waals surface area contributed by atoms with Gasteiger partial charge in [0.25, 0.3) is 0 Å². The maximum Gasteiger partial charge on any atom is 0.195 e. The molecule has 3 aromatic carbocycles. The number of pyridine rings is 1. The maximum absolute atomic E-state index is 12.1. The van der Waals surface area contributed by atoms with Gasteiger partial charge in [-0.25, -0.2) is 0 Å². The van der Waals surface area contributed by atoms with E-state index in [-0.39, 0.29) is 65.4 Å². The van der Waals surface area contributed by atoms with Crippen molar-refractivity contribution in [1.82, 2.24) is 4.98 Å². The maximum atomic E-state index is 12.1. The number of fused-ring (bicyclic) bond motifs is 6. The standard InChI is InChI=1S/C39H46NO2S.C13H24O2.Ir/c1-22-28-26-16-19-40-32(24-20-23-14-12-13-15-25(23)27(21-24)35(2,3)4)33(26)43-34(28)31-30(29(22)39(41,42)36(5,6)7)37(8,9)17-18-38(31,10)11;1-5-10(6-2)12(14)9-13(15)11(7-3)8-4;/h12-16,19,21,41-42H,17-18H2,1-11H3;9-11,14H,5-8H2,1-4H3;/q-1;;/b;12-9-;/i1D3;;. The molecular weight excluding hydrogens is 927 g/mol. The van der Waals surface area contributed by atoms with Crippen LogP contribution in [-0.2, 0) is 46.9 Å². The average Bonchev–Trinajstić information content (AvgIpc) is 3.54. The van der Waals surface area contributed by atoms with E-state index in [0.29, 0.717) is 5.39 Å². The number of ketones is 1. The van der Waals surface area contributed by atoms with Crippen molar-refractivity contribution >= 4 is 48.1 Å². The van der Waals surface area contributed by atoms with E-state index < -0.39 is 23.5 Å². The van der Waals surface area contributed by atoms with E-state index in [1.54, 1.807) is 38.3 Å². The molecule has 1 aliphatic carbocycles. The van der Waals surface area contributed by atoms with Crippen molar-refractivity contribution in [1.29, 1.82) is 0 Å². The minimum absolute atomic E-state index is 0. The molecule has 323 valence electrons. The first kappa shape index (κ1) is 44.1. The third-order valence-corrected chi connectivity index (χ3v) is 14.1. The number of hydrogen-bond acceptors (Lipinski definition) is 6. The Morgan fingerprint density at radius 3 is 2.00 bits per heavy atom. The van der Waals surface area contributed by atoms with Crippen LogP contribution in [0.15, 0.2) is 54.4 Å². The van der Waals surface area contributed by atoms with Crippen molar-refractivity contribution in [2.45, 2.75) is 164 Å². The molecule has 0 aliphatic heterocycles. The van der Waals surface area contributed by atoms with Gasteiger partial charge in [-0.15, -0.1) is 40.5 Å². The molecule has 0 atom stereocenters. The molecule has 3 N–H and O–H groups in total. The molecule has 7 heteroatoms. The summed E-state index contributed by atoms with van der Waals surface area (Å²) in [5, 5.41) is 37.5.